The average Bonchev–Trinajstić information content (AvgIpc) is 2.91. The molecule has 1 fully saturated rings. The number of hydrogen-bond acceptors (Lipinski definition) is 7. The molecule has 0 atom stereocenters. The maximum absolute atomic E-state index is 13.1. The van der Waals surface area contributed by atoms with Crippen molar-refractivity contribution in [2.24, 2.45) is 0 Å². The first kappa shape index (κ1) is 28.5. The molecule has 1 saturated heterocycles. The van der Waals surface area contributed by atoms with Gasteiger partial charge in [0.25, 0.3) is 0 Å². The fraction of sp³-hybridized carbons (Fsp3) is 0.519. The summed E-state index contributed by atoms with van der Waals surface area (Å²) in [5.74, 6) is -0.718. The second-order valence-electron chi connectivity index (χ2n) is 8.96. The van der Waals surface area contributed by atoms with Crippen LogP contribution in [0.5, 0.6) is 0 Å². The monoisotopic (exact) mass is 514 g/mol. The molecule has 37 heavy (non-hydrogen) atoms. The Morgan fingerprint density at radius 2 is 1.57 bits per heavy atom. The summed E-state index contributed by atoms with van der Waals surface area (Å²) < 4.78 is 15.6. The zero-order chi connectivity index (χ0) is 26.3. The molecular weight excluding hydrogens is 476 g/mol. The molecule has 10 nitrogen and oxygen atoms in total. The maximum Gasteiger partial charge on any atom is 0.246 e. The van der Waals surface area contributed by atoms with E-state index < -0.39 is 5.54 Å². The number of methoxy groups -OCH3 is 1. The minimum atomic E-state index is -1.01. The summed E-state index contributed by atoms with van der Waals surface area (Å²) in [4.78, 5) is 38.1. The Kier molecular flexibility index (Phi) is 11.8. The third-order valence-electron chi connectivity index (χ3n) is 6.27. The highest BCUT2D eigenvalue weighted by Gasteiger charge is 2.40. The molecular formula is C27H38N4O6. The second kappa shape index (κ2) is 15.3. The Hall–Kier alpha value is -3.05. The van der Waals surface area contributed by atoms with Crippen molar-refractivity contribution < 1.29 is 28.6 Å². The lowest BCUT2D eigenvalue weighted by Crippen LogP contribution is -2.63. The molecule has 4 N–H and O–H groups in total. The fourth-order valence-corrected chi connectivity index (χ4v) is 4.32. The van der Waals surface area contributed by atoms with E-state index in [4.69, 9.17) is 14.2 Å². The fourth-order valence-electron chi connectivity index (χ4n) is 4.32. The molecule has 202 valence electrons. The summed E-state index contributed by atoms with van der Waals surface area (Å²) in [5, 5.41) is 14.0. The molecule has 3 amide bonds. The van der Waals surface area contributed by atoms with Crippen LogP contribution in [0, 0.1) is 0 Å². The van der Waals surface area contributed by atoms with Crippen LogP contribution in [0.4, 0.5) is 0 Å². The van der Waals surface area contributed by atoms with E-state index in [0.717, 1.165) is 16.3 Å². The van der Waals surface area contributed by atoms with Crippen molar-refractivity contribution in [1.29, 1.82) is 0 Å². The first-order chi connectivity index (χ1) is 18.0. The van der Waals surface area contributed by atoms with E-state index >= 15 is 0 Å². The Balaban J connectivity index is 1.40. The van der Waals surface area contributed by atoms with Crippen LogP contribution in [0.3, 0.4) is 0 Å². The summed E-state index contributed by atoms with van der Waals surface area (Å²) >= 11 is 0. The van der Waals surface area contributed by atoms with E-state index in [1.807, 2.05) is 42.5 Å². The van der Waals surface area contributed by atoms with Gasteiger partial charge >= 0.3 is 0 Å². The third kappa shape index (κ3) is 9.08. The van der Waals surface area contributed by atoms with Gasteiger partial charge in [0.05, 0.1) is 32.8 Å². The predicted octanol–water partition coefficient (Wildman–Crippen LogP) is 0.533. The van der Waals surface area contributed by atoms with Crippen LogP contribution in [-0.4, -0.2) is 89.6 Å². The number of carbonyl (C=O) groups excluding carboxylic acids is 3. The number of fused-ring (bicyclic) bond motifs is 1. The van der Waals surface area contributed by atoms with E-state index in [0.29, 0.717) is 52.3 Å². The normalized spacial score (nSPS) is 14.7. The lowest BCUT2D eigenvalue weighted by atomic mass is 9.87. The van der Waals surface area contributed by atoms with Crippen LogP contribution >= 0.6 is 0 Å². The number of piperidine rings is 1. The van der Waals surface area contributed by atoms with Gasteiger partial charge in [-0.1, -0.05) is 42.5 Å². The zero-order valence-corrected chi connectivity index (χ0v) is 21.5. The Morgan fingerprint density at radius 1 is 0.865 bits per heavy atom. The van der Waals surface area contributed by atoms with Gasteiger partial charge in [0.1, 0.15) is 12.1 Å². The molecule has 0 aromatic heterocycles. The molecule has 2 aromatic carbocycles. The van der Waals surface area contributed by atoms with Crippen molar-refractivity contribution in [2.75, 3.05) is 66.3 Å². The van der Waals surface area contributed by atoms with E-state index in [1.165, 1.54) is 0 Å². The van der Waals surface area contributed by atoms with E-state index in [2.05, 4.69) is 21.3 Å². The molecule has 0 saturated carbocycles. The Bertz CT molecular complexity index is 1020. The van der Waals surface area contributed by atoms with Crippen molar-refractivity contribution in [1.82, 2.24) is 21.3 Å². The van der Waals surface area contributed by atoms with Crippen LogP contribution in [0.2, 0.25) is 0 Å². The minimum absolute atomic E-state index is 0.112. The largest absolute Gasteiger partial charge is 0.382 e. The SMILES string of the molecule is COCCOCCOCC(=O)NC1(C(=O)NCCNC(=O)Cc2cccc3ccccc23)CCNCC1. The second-order valence-corrected chi connectivity index (χ2v) is 8.96. The van der Waals surface area contributed by atoms with Crippen LogP contribution in [-0.2, 0) is 35.0 Å². The highest BCUT2D eigenvalue weighted by atomic mass is 16.5. The molecule has 1 aliphatic heterocycles. The van der Waals surface area contributed by atoms with Gasteiger partial charge in [0.15, 0.2) is 0 Å². The quantitative estimate of drug-likeness (QED) is 0.256. The number of ether oxygens (including phenoxy) is 3. The molecule has 3 rings (SSSR count). The molecule has 1 aliphatic rings. The number of benzene rings is 2. The molecule has 1 heterocycles. The van der Waals surface area contributed by atoms with Crippen LogP contribution in [0.1, 0.15) is 18.4 Å². The average molecular weight is 515 g/mol. The van der Waals surface area contributed by atoms with Gasteiger partial charge < -0.3 is 35.5 Å². The molecule has 0 bridgehead atoms. The highest BCUT2D eigenvalue weighted by molar-refractivity contribution is 5.92. The van der Waals surface area contributed by atoms with Crippen molar-refractivity contribution in [3.05, 3.63) is 48.0 Å². The Morgan fingerprint density at radius 3 is 2.38 bits per heavy atom. The van der Waals surface area contributed by atoms with Gasteiger partial charge in [-0.15, -0.1) is 0 Å². The Labute approximate surface area is 217 Å². The zero-order valence-electron chi connectivity index (χ0n) is 21.5. The number of nitrogens with one attached hydrogen (secondary N) is 4. The lowest BCUT2D eigenvalue weighted by molar-refractivity contribution is -0.137. The third-order valence-corrected chi connectivity index (χ3v) is 6.27. The first-order valence-electron chi connectivity index (χ1n) is 12.7. The van der Waals surface area contributed by atoms with Gasteiger partial charge in [0, 0.05) is 20.2 Å². The van der Waals surface area contributed by atoms with Crippen LogP contribution < -0.4 is 21.3 Å². The maximum atomic E-state index is 13.1. The van der Waals surface area contributed by atoms with Crippen molar-refractivity contribution in [3.63, 3.8) is 0 Å². The summed E-state index contributed by atoms with van der Waals surface area (Å²) in [6.07, 6.45) is 1.20. The van der Waals surface area contributed by atoms with Gasteiger partial charge in [0.2, 0.25) is 17.7 Å². The summed E-state index contributed by atoms with van der Waals surface area (Å²) in [7, 11) is 1.60. The van der Waals surface area contributed by atoms with Gasteiger partial charge in [-0.3, -0.25) is 14.4 Å². The lowest BCUT2D eigenvalue weighted by Gasteiger charge is -2.37. The molecule has 0 unspecified atom stereocenters. The molecule has 0 radical (unpaired) electrons. The standard InChI is InChI=1S/C27H38N4O6/c1-35-15-16-36-17-18-37-20-25(33)31-27(9-11-28-12-10-27)26(34)30-14-13-29-24(32)19-22-7-4-6-21-5-2-3-8-23(21)22/h2-8,28H,9-20H2,1H3,(H,29,32)(H,30,34)(H,31,33). The minimum Gasteiger partial charge on any atom is -0.382 e. The van der Waals surface area contributed by atoms with Gasteiger partial charge in [-0.2, -0.15) is 0 Å². The van der Waals surface area contributed by atoms with E-state index in [1.54, 1.807) is 7.11 Å². The molecule has 10 heteroatoms. The summed E-state index contributed by atoms with van der Waals surface area (Å²) in [5.41, 5.74) is -0.0482. The molecule has 2 aromatic rings. The number of carbonyl (C=O) groups is 3. The van der Waals surface area contributed by atoms with Gasteiger partial charge in [-0.25, -0.2) is 0 Å². The topological polar surface area (TPSA) is 127 Å². The number of amides is 3. The highest BCUT2D eigenvalue weighted by Crippen LogP contribution is 2.20. The molecule has 0 spiro atoms. The first-order valence-corrected chi connectivity index (χ1v) is 12.7. The smallest absolute Gasteiger partial charge is 0.246 e. The molecule has 0 aliphatic carbocycles. The van der Waals surface area contributed by atoms with Crippen LogP contribution in [0.25, 0.3) is 10.8 Å². The van der Waals surface area contributed by atoms with E-state index in [9.17, 15) is 14.4 Å². The summed E-state index contributed by atoms with van der Waals surface area (Å²) in [6, 6.07) is 13.9. The predicted molar refractivity (Wildman–Crippen MR) is 140 cm³/mol. The van der Waals surface area contributed by atoms with Crippen molar-refractivity contribution in [2.45, 2.75) is 24.8 Å². The summed E-state index contributed by atoms with van der Waals surface area (Å²) in [6.45, 7) is 3.23. The van der Waals surface area contributed by atoms with E-state index in [-0.39, 0.29) is 43.9 Å². The van der Waals surface area contributed by atoms with Crippen LogP contribution in [0.15, 0.2) is 42.5 Å². The van der Waals surface area contributed by atoms with Crippen molar-refractivity contribution in [3.8, 4) is 0 Å². The number of hydrogen-bond donors (Lipinski definition) is 4. The number of rotatable bonds is 15. The van der Waals surface area contributed by atoms with Gasteiger partial charge in [-0.05, 0) is 42.3 Å². The van der Waals surface area contributed by atoms with Crippen molar-refractivity contribution >= 4 is 28.5 Å².